The molecule has 53 heavy (non-hydrogen) atoms. The molecule has 0 saturated heterocycles. The molecule has 0 aromatic heterocycles. The second-order valence-corrected chi connectivity index (χ2v) is 16.0. The number of aromatic hydroxyl groups is 1. The van der Waals surface area contributed by atoms with E-state index < -0.39 is 41.6 Å². The number of aliphatic hydroxyl groups excluding tert-OH is 2. The lowest BCUT2D eigenvalue weighted by Crippen LogP contribution is -2.57. The molecule has 0 amide bonds. The summed E-state index contributed by atoms with van der Waals surface area (Å²) in [5.41, 5.74) is 2.07. The lowest BCUT2D eigenvalue weighted by molar-refractivity contribution is -0.187. The zero-order chi connectivity index (χ0) is 37.9. The average molecular weight is 728 g/mol. The van der Waals surface area contributed by atoms with Gasteiger partial charge in [-0.1, -0.05) is 44.3 Å². The van der Waals surface area contributed by atoms with Crippen molar-refractivity contribution in [3.05, 3.63) is 64.2 Å². The molecule has 6 rings (SSSR count). The maximum atomic E-state index is 14.6. The van der Waals surface area contributed by atoms with Crippen molar-refractivity contribution in [1.82, 2.24) is 0 Å². The molecule has 2 aliphatic heterocycles. The number of fused-ring (bicyclic) bond motifs is 2. The summed E-state index contributed by atoms with van der Waals surface area (Å²) in [4.78, 5) is 39.9. The predicted octanol–water partition coefficient (Wildman–Crippen LogP) is 5.98. The van der Waals surface area contributed by atoms with Crippen LogP contribution in [0.4, 0.5) is 5.69 Å². The zero-order valence-electron chi connectivity index (χ0n) is 31.0. The van der Waals surface area contributed by atoms with Gasteiger partial charge < -0.3 is 35.2 Å². The van der Waals surface area contributed by atoms with Crippen LogP contribution in [0.3, 0.4) is 0 Å². The van der Waals surface area contributed by atoms with E-state index in [0.717, 1.165) is 18.4 Å². The van der Waals surface area contributed by atoms with Crippen molar-refractivity contribution < 1.29 is 44.3 Å². The summed E-state index contributed by atoms with van der Waals surface area (Å²) < 4.78 is 12.0. The fourth-order valence-electron chi connectivity index (χ4n) is 8.63. The second kappa shape index (κ2) is 16.5. The molecule has 10 heteroatoms. The van der Waals surface area contributed by atoms with E-state index in [1.807, 2.05) is 18.2 Å². The number of aliphatic hydroxyl groups is 3. The average Bonchev–Trinajstić information content (AvgIpc) is 3.11. The molecule has 2 aromatic rings. The molecule has 2 fully saturated rings. The van der Waals surface area contributed by atoms with E-state index in [1.54, 1.807) is 19.1 Å². The molecular weight excluding hydrogens is 674 g/mol. The number of nitrogens with one attached hydrogen (secondary N) is 1. The molecule has 2 saturated carbocycles. The highest BCUT2D eigenvalue weighted by Gasteiger charge is 2.53. The van der Waals surface area contributed by atoms with Gasteiger partial charge >= 0.3 is 11.9 Å². The van der Waals surface area contributed by atoms with Crippen LogP contribution in [0.1, 0.15) is 119 Å². The Morgan fingerprint density at radius 1 is 1.00 bits per heavy atom. The topological polar surface area (TPSA) is 163 Å². The number of ketones is 1. The van der Waals surface area contributed by atoms with E-state index in [2.05, 4.69) is 31.0 Å². The highest BCUT2D eigenvalue weighted by molar-refractivity contribution is 5.89. The van der Waals surface area contributed by atoms with Gasteiger partial charge in [0.05, 0.1) is 25.0 Å². The minimum atomic E-state index is -1.44. The van der Waals surface area contributed by atoms with E-state index >= 15 is 0 Å². The van der Waals surface area contributed by atoms with Gasteiger partial charge in [-0.05, 0) is 98.1 Å². The number of phenolic OH excluding ortho intramolecular Hbond substituents is 1. The van der Waals surface area contributed by atoms with Crippen LogP contribution in [-0.4, -0.2) is 62.5 Å². The van der Waals surface area contributed by atoms with Crippen LogP contribution in [0.5, 0.6) is 11.5 Å². The second-order valence-electron chi connectivity index (χ2n) is 16.0. The summed E-state index contributed by atoms with van der Waals surface area (Å²) in [5.74, 6) is 4.89. The van der Waals surface area contributed by atoms with Crippen molar-refractivity contribution in [2.75, 3.05) is 11.9 Å². The maximum absolute atomic E-state index is 14.6. The first-order valence-corrected chi connectivity index (χ1v) is 19.2. The molecule has 2 heterocycles. The number of Topliss-reactive ketones (excluding diaryl/α,β-unsaturated/α-hetero) is 1. The molecule has 0 spiro atoms. The molecule has 284 valence electrons. The number of hydrogen-bond acceptors (Lipinski definition) is 10. The molecule has 2 aromatic carbocycles. The van der Waals surface area contributed by atoms with Crippen molar-refractivity contribution in [1.29, 1.82) is 0 Å². The highest BCUT2D eigenvalue weighted by Crippen LogP contribution is 2.49. The van der Waals surface area contributed by atoms with E-state index in [1.165, 1.54) is 6.07 Å². The summed E-state index contributed by atoms with van der Waals surface area (Å²) in [6.45, 7) is 5.95. The predicted molar refractivity (Wildman–Crippen MR) is 199 cm³/mol. The summed E-state index contributed by atoms with van der Waals surface area (Å²) in [6.07, 6.45) is 5.01. The van der Waals surface area contributed by atoms with E-state index in [-0.39, 0.29) is 61.5 Å². The van der Waals surface area contributed by atoms with Crippen molar-refractivity contribution in [3.63, 3.8) is 0 Å². The molecule has 5 N–H and O–H groups in total. The summed E-state index contributed by atoms with van der Waals surface area (Å²) in [5, 5.41) is 47.4. The van der Waals surface area contributed by atoms with Crippen molar-refractivity contribution >= 4 is 23.4 Å². The van der Waals surface area contributed by atoms with Gasteiger partial charge in [-0.15, -0.1) is 0 Å². The molecular formula is C43H53NO9. The van der Waals surface area contributed by atoms with Gasteiger partial charge in [0.15, 0.2) is 0 Å². The number of carbonyl (C=O) groups excluding carboxylic acids is 3. The van der Waals surface area contributed by atoms with Gasteiger partial charge in [0.1, 0.15) is 29.0 Å². The number of ether oxygens (including phenoxy) is 2. The van der Waals surface area contributed by atoms with Gasteiger partial charge in [0, 0.05) is 54.6 Å². The smallest absolute Gasteiger partial charge is 0.334 e. The molecule has 4 aliphatic rings. The maximum Gasteiger partial charge on any atom is 0.334 e. The number of anilines is 1. The van der Waals surface area contributed by atoms with Gasteiger partial charge in [-0.25, -0.2) is 4.79 Å². The number of hydrogen-bond donors (Lipinski definition) is 5. The lowest BCUT2D eigenvalue weighted by atomic mass is 9.60. The molecule has 2 bridgehead atoms. The Hall–Kier alpha value is -4.17. The first-order valence-electron chi connectivity index (χ1n) is 19.2. The molecule has 2 aliphatic carbocycles. The quantitative estimate of drug-likeness (QED) is 0.0900. The van der Waals surface area contributed by atoms with Crippen LogP contribution in [-0.2, 0) is 32.1 Å². The molecule has 10 nitrogen and oxygen atoms in total. The SMILES string of the molecule is CC(C)CCC=C1CC(c2cc(CO)cc(NCC(C)O)c2)C#CC2CC(=O)Oc3cc(O)c(cc32)CC(C2(O)CCCC3CC(=O)CCC32)OC1=O. The van der Waals surface area contributed by atoms with Gasteiger partial charge in [0.25, 0.3) is 0 Å². The Morgan fingerprint density at radius 2 is 1.79 bits per heavy atom. The summed E-state index contributed by atoms with van der Waals surface area (Å²) >= 11 is 0. The minimum absolute atomic E-state index is 0.00747. The Labute approximate surface area is 312 Å². The number of cyclic esters (lactones) is 1. The van der Waals surface area contributed by atoms with Gasteiger partial charge in [0.2, 0.25) is 0 Å². The first-order chi connectivity index (χ1) is 25.3. The lowest BCUT2D eigenvalue weighted by Gasteiger charge is -2.50. The van der Waals surface area contributed by atoms with Crippen LogP contribution in [0.15, 0.2) is 42.0 Å². The van der Waals surface area contributed by atoms with Gasteiger partial charge in [-0.2, -0.15) is 0 Å². The third kappa shape index (κ3) is 8.97. The molecule has 7 atom stereocenters. The number of benzene rings is 2. The number of carbonyl (C=O) groups is 3. The fourth-order valence-corrected chi connectivity index (χ4v) is 8.63. The largest absolute Gasteiger partial charge is 0.508 e. The van der Waals surface area contributed by atoms with Crippen LogP contribution < -0.4 is 10.1 Å². The van der Waals surface area contributed by atoms with Crippen LogP contribution in [0, 0.1) is 29.6 Å². The molecule has 7 unspecified atom stereocenters. The standard InChI is InChI=1S/C43H53NO9/c1-25(2)6-4-7-31-16-28(32-14-27(24-45)15-34(17-32)44-23-26(3)46)9-10-29-21-41(49)52-39-22-38(48)33(19-36(29)39)20-40(53-42(31)50)43(51)13-5-8-30-18-35(47)11-12-37(30)43/h7,14-15,17,19,22,25-26,28-30,37,40,44-46,48,51H,4-6,8,11-13,16,18,20-21,23-24H2,1-3H3. The van der Waals surface area contributed by atoms with Crippen LogP contribution in [0.2, 0.25) is 0 Å². The third-order valence-electron chi connectivity index (χ3n) is 11.4. The normalized spacial score (nSPS) is 28.7. The third-order valence-corrected chi connectivity index (χ3v) is 11.4. The number of esters is 2. The van der Waals surface area contributed by atoms with Crippen molar-refractivity contribution in [2.24, 2.45) is 17.8 Å². The summed E-state index contributed by atoms with van der Waals surface area (Å²) in [7, 11) is 0. The van der Waals surface area contributed by atoms with Crippen LogP contribution >= 0.6 is 0 Å². The monoisotopic (exact) mass is 727 g/mol. The number of phenols is 1. The highest BCUT2D eigenvalue weighted by atomic mass is 16.6. The van der Waals surface area contributed by atoms with Gasteiger partial charge in [-0.3, -0.25) is 9.59 Å². The Kier molecular flexibility index (Phi) is 12.0. The van der Waals surface area contributed by atoms with E-state index in [4.69, 9.17) is 9.47 Å². The zero-order valence-corrected chi connectivity index (χ0v) is 31.0. The Balaban J connectivity index is 1.49. The number of allylic oxidation sites excluding steroid dienone is 1. The fraction of sp³-hybridized carbons (Fsp3) is 0.558. The van der Waals surface area contributed by atoms with Crippen LogP contribution in [0.25, 0.3) is 0 Å². The van der Waals surface area contributed by atoms with E-state index in [0.29, 0.717) is 72.4 Å². The van der Waals surface area contributed by atoms with Crippen molar-refractivity contribution in [3.8, 4) is 23.3 Å². The Bertz CT molecular complexity index is 1800. The summed E-state index contributed by atoms with van der Waals surface area (Å²) in [6, 6.07) is 8.70. The number of rotatable bonds is 9. The van der Waals surface area contributed by atoms with Crippen molar-refractivity contribution in [2.45, 2.75) is 128 Å². The first kappa shape index (κ1) is 38.6. The van der Waals surface area contributed by atoms with E-state index in [9.17, 15) is 34.8 Å². The minimum Gasteiger partial charge on any atom is -0.508 e. The molecule has 0 radical (unpaired) electrons. The Morgan fingerprint density at radius 3 is 2.55 bits per heavy atom.